The second kappa shape index (κ2) is 10.2. The number of nitrogens with one attached hydrogen (secondary N) is 2. The zero-order valence-corrected chi connectivity index (χ0v) is 18.3. The molecule has 0 amide bonds. The summed E-state index contributed by atoms with van der Waals surface area (Å²) in [6.45, 7) is 4.16. The Hall–Kier alpha value is -4.18. The number of hydrazone groups is 2. The van der Waals surface area contributed by atoms with Crippen molar-refractivity contribution >= 4 is 22.8 Å². The Morgan fingerprint density at radius 3 is 1.16 bits per heavy atom. The fourth-order valence-electron chi connectivity index (χ4n) is 3.20. The zero-order chi connectivity index (χ0) is 22.2. The van der Waals surface area contributed by atoms with E-state index in [1.54, 1.807) is 0 Å². The average molecular weight is 419 g/mol. The van der Waals surface area contributed by atoms with Crippen molar-refractivity contribution in [3.05, 3.63) is 131 Å². The lowest BCUT2D eigenvalue weighted by Crippen LogP contribution is -2.20. The largest absolute Gasteiger partial charge is 0.278 e. The van der Waals surface area contributed by atoms with Crippen LogP contribution in [0.5, 0.6) is 0 Å². The molecule has 0 aliphatic heterocycles. The Kier molecular flexibility index (Phi) is 6.73. The number of nitrogens with zero attached hydrogens (tertiary/aromatic N) is 2. The number of benzene rings is 4. The molecule has 0 bridgehead atoms. The Balaban J connectivity index is 1.80. The van der Waals surface area contributed by atoms with Gasteiger partial charge in [-0.25, -0.2) is 0 Å². The molecule has 2 N–H and O–H groups in total. The third-order valence-electron chi connectivity index (χ3n) is 5.02. The van der Waals surface area contributed by atoms with Crippen molar-refractivity contribution in [3.63, 3.8) is 0 Å². The molecule has 0 saturated carbocycles. The van der Waals surface area contributed by atoms with Crippen molar-refractivity contribution in [2.45, 2.75) is 13.8 Å². The second-order valence-corrected chi connectivity index (χ2v) is 7.61. The molecule has 4 rings (SSSR count). The number of para-hydroxylation sites is 2. The van der Waals surface area contributed by atoms with Crippen LogP contribution in [0.2, 0.25) is 0 Å². The minimum Gasteiger partial charge on any atom is -0.278 e. The molecule has 4 heteroatoms. The second-order valence-electron chi connectivity index (χ2n) is 7.61. The Bertz CT molecular complexity index is 1100. The normalized spacial score (nSPS) is 11.8. The van der Waals surface area contributed by atoms with E-state index in [-0.39, 0.29) is 0 Å². The topological polar surface area (TPSA) is 48.8 Å². The first kappa shape index (κ1) is 21.1. The van der Waals surface area contributed by atoms with Gasteiger partial charge in [0.1, 0.15) is 11.4 Å². The average Bonchev–Trinajstić information content (AvgIpc) is 2.84. The van der Waals surface area contributed by atoms with Crippen molar-refractivity contribution in [1.82, 2.24) is 0 Å². The van der Waals surface area contributed by atoms with Gasteiger partial charge >= 0.3 is 0 Å². The first-order valence-corrected chi connectivity index (χ1v) is 10.6. The smallest absolute Gasteiger partial charge is 0.119 e. The maximum absolute atomic E-state index is 4.80. The quantitative estimate of drug-likeness (QED) is 0.261. The van der Waals surface area contributed by atoms with Gasteiger partial charge in [0.15, 0.2) is 0 Å². The van der Waals surface area contributed by atoms with Gasteiger partial charge in [0.25, 0.3) is 0 Å². The number of rotatable bonds is 7. The van der Waals surface area contributed by atoms with Crippen LogP contribution in [0.4, 0.5) is 11.4 Å². The van der Waals surface area contributed by atoms with Crippen LogP contribution < -0.4 is 10.9 Å². The van der Waals surface area contributed by atoms with Crippen LogP contribution in [0.15, 0.2) is 119 Å². The van der Waals surface area contributed by atoms with E-state index in [0.29, 0.717) is 0 Å². The maximum atomic E-state index is 4.80. The molecule has 4 nitrogen and oxygen atoms in total. The molecule has 0 unspecified atom stereocenters. The van der Waals surface area contributed by atoms with E-state index in [4.69, 9.17) is 10.2 Å². The molecule has 0 saturated heterocycles. The summed E-state index contributed by atoms with van der Waals surface area (Å²) in [5.41, 5.74) is 14.1. The molecule has 0 atom stereocenters. The summed E-state index contributed by atoms with van der Waals surface area (Å²) in [6, 6.07) is 36.5. The van der Waals surface area contributed by atoms with Crippen LogP contribution in [0, 0.1) is 13.8 Å². The Labute approximate surface area is 189 Å². The first-order chi connectivity index (χ1) is 15.7. The molecule has 0 spiro atoms. The number of hydrogen-bond donors (Lipinski definition) is 2. The molecule has 0 aliphatic rings. The van der Waals surface area contributed by atoms with Crippen molar-refractivity contribution in [1.29, 1.82) is 0 Å². The van der Waals surface area contributed by atoms with Gasteiger partial charge in [-0.05, 0) is 38.1 Å². The molecule has 4 aromatic carbocycles. The Morgan fingerprint density at radius 1 is 0.469 bits per heavy atom. The van der Waals surface area contributed by atoms with E-state index in [1.807, 2.05) is 60.7 Å². The van der Waals surface area contributed by atoms with E-state index in [2.05, 4.69) is 73.2 Å². The third kappa shape index (κ3) is 5.49. The molecule has 0 aromatic heterocycles. The van der Waals surface area contributed by atoms with E-state index >= 15 is 0 Å². The van der Waals surface area contributed by atoms with Crippen LogP contribution in [-0.4, -0.2) is 11.4 Å². The summed E-state index contributed by atoms with van der Waals surface area (Å²) in [5.74, 6) is 0. The zero-order valence-electron chi connectivity index (χ0n) is 18.3. The van der Waals surface area contributed by atoms with Crippen molar-refractivity contribution in [2.75, 3.05) is 10.9 Å². The predicted molar refractivity (Wildman–Crippen MR) is 136 cm³/mol. The van der Waals surface area contributed by atoms with E-state index in [9.17, 15) is 0 Å². The lowest BCUT2D eigenvalue weighted by Gasteiger charge is -2.13. The van der Waals surface area contributed by atoms with Gasteiger partial charge in [-0.1, -0.05) is 96.1 Å². The lowest BCUT2D eigenvalue weighted by atomic mass is 9.98. The highest BCUT2D eigenvalue weighted by molar-refractivity contribution is 6.53. The van der Waals surface area contributed by atoms with Crippen molar-refractivity contribution in [2.24, 2.45) is 10.2 Å². The van der Waals surface area contributed by atoms with Gasteiger partial charge in [0.05, 0.1) is 11.4 Å². The summed E-state index contributed by atoms with van der Waals surface area (Å²) < 4.78 is 0. The highest BCUT2D eigenvalue weighted by Gasteiger charge is 2.16. The van der Waals surface area contributed by atoms with Crippen LogP contribution in [0.1, 0.15) is 22.3 Å². The van der Waals surface area contributed by atoms with E-state index in [1.165, 1.54) is 11.1 Å². The summed E-state index contributed by atoms with van der Waals surface area (Å²) in [4.78, 5) is 0. The molecule has 0 radical (unpaired) electrons. The maximum Gasteiger partial charge on any atom is 0.119 e. The molecule has 0 fully saturated rings. The van der Waals surface area contributed by atoms with E-state index in [0.717, 1.165) is 33.9 Å². The molecule has 32 heavy (non-hydrogen) atoms. The number of hydrogen-bond acceptors (Lipinski definition) is 4. The molecule has 0 aliphatic carbocycles. The van der Waals surface area contributed by atoms with Crippen LogP contribution in [0.3, 0.4) is 0 Å². The predicted octanol–water partition coefficient (Wildman–Crippen LogP) is 6.64. The minimum atomic E-state index is 0.751. The van der Waals surface area contributed by atoms with Crippen LogP contribution >= 0.6 is 0 Å². The summed E-state index contributed by atoms with van der Waals surface area (Å²) in [6.07, 6.45) is 0. The summed E-state index contributed by atoms with van der Waals surface area (Å²) >= 11 is 0. The molecule has 0 heterocycles. The fraction of sp³-hybridized carbons (Fsp3) is 0.0714. The molecular formula is C28H26N4. The highest BCUT2D eigenvalue weighted by Crippen LogP contribution is 2.15. The molecule has 4 aromatic rings. The fourth-order valence-corrected chi connectivity index (χ4v) is 3.20. The van der Waals surface area contributed by atoms with Crippen LogP contribution in [-0.2, 0) is 0 Å². The SMILES string of the molecule is Cc1ccc(C(=N/Nc2ccccc2)/C(=N/Nc2ccccc2)c2ccc(C)cc2)cc1. The first-order valence-electron chi connectivity index (χ1n) is 10.6. The monoisotopic (exact) mass is 418 g/mol. The standard InChI is InChI=1S/C28H26N4/c1-21-13-17-23(18-14-21)27(31-29-25-9-5-3-6-10-25)28(24-19-15-22(2)16-20-24)32-30-26-11-7-4-8-12-26/h3-20,29-30H,1-2H3/b31-27-,32-28+. The highest BCUT2D eigenvalue weighted by atomic mass is 15.3. The number of aryl methyl sites for hydroxylation is 2. The van der Waals surface area contributed by atoms with E-state index < -0.39 is 0 Å². The summed E-state index contributed by atoms with van der Waals surface area (Å²) in [5, 5.41) is 9.60. The summed E-state index contributed by atoms with van der Waals surface area (Å²) in [7, 11) is 0. The van der Waals surface area contributed by atoms with Gasteiger partial charge in [-0.3, -0.25) is 10.9 Å². The van der Waals surface area contributed by atoms with Gasteiger partial charge in [0.2, 0.25) is 0 Å². The van der Waals surface area contributed by atoms with Gasteiger partial charge in [-0.15, -0.1) is 0 Å². The van der Waals surface area contributed by atoms with Gasteiger partial charge < -0.3 is 0 Å². The van der Waals surface area contributed by atoms with Crippen molar-refractivity contribution in [3.8, 4) is 0 Å². The third-order valence-corrected chi connectivity index (χ3v) is 5.02. The Morgan fingerprint density at radius 2 is 0.812 bits per heavy atom. The lowest BCUT2D eigenvalue weighted by molar-refractivity contribution is 1.31. The van der Waals surface area contributed by atoms with Gasteiger partial charge in [-0.2, -0.15) is 10.2 Å². The van der Waals surface area contributed by atoms with Gasteiger partial charge in [0, 0.05) is 11.1 Å². The number of anilines is 2. The van der Waals surface area contributed by atoms with Crippen LogP contribution in [0.25, 0.3) is 0 Å². The molecule has 158 valence electrons. The minimum absolute atomic E-state index is 0.751. The van der Waals surface area contributed by atoms with Crippen molar-refractivity contribution < 1.29 is 0 Å². The molecular weight excluding hydrogens is 392 g/mol.